The molecule has 3 atom stereocenters. The van der Waals surface area contributed by atoms with Gasteiger partial charge in [0, 0.05) is 0 Å². The minimum atomic E-state index is -0.0596. The van der Waals surface area contributed by atoms with E-state index in [1.54, 1.807) is 0 Å². The van der Waals surface area contributed by atoms with Gasteiger partial charge in [0.25, 0.3) is 0 Å². The van der Waals surface area contributed by atoms with Gasteiger partial charge < -0.3 is 5.11 Å². The van der Waals surface area contributed by atoms with Crippen LogP contribution in [0.1, 0.15) is 72.6 Å². The largest absolute Gasteiger partial charge is 0.393 e. The molecule has 0 aliphatic rings. The maximum atomic E-state index is 9.83. The van der Waals surface area contributed by atoms with Gasteiger partial charge in [-0.05, 0) is 24.7 Å². The summed E-state index contributed by atoms with van der Waals surface area (Å²) in [6.07, 6.45) is 8.15. The van der Waals surface area contributed by atoms with E-state index in [2.05, 4.69) is 27.7 Å². The van der Waals surface area contributed by atoms with E-state index in [0.29, 0.717) is 5.92 Å². The smallest absolute Gasteiger partial charge is 0.0542 e. The SMILES string of the molecule is CCCC(C)CC(O)CCCC(C)CC. The van der Waals surface area contributed by atoms with E-state index in [1.807, 2.05) is 0 Å². The third-order valence-corrected chi connectivity index (χ3v) is 3.39. The molecule has 0 heterocycles. The van der Waals surface area contributed by atoms with Crippen molar-refractivity contribution in [2.75, 3.05) is 0 Å². The molecule has 0 radical (unpaired) electrons. The van der Waals surface area contributed by atoms with Crippen LogP contribution in [0, 0.1) is 11.8 Å². The Labute approximate surface area is 96.3 Å². The molecule has 15 heavy (non-hydrogen) atoms. The Bertz CT molecular complexity index is 133. The number of aliphatic hydroxyl groups is 1. The fraction of sp³-hybridized carbons (Fsp3) is 1.00. The fourth-order valence-corrected chi connectivity index (χ4v) is 2.10. The molecule has 92 valence electrons. The number of hydrogen-bond donors (Lipinski definition) is 1. The Morgan fingerprint density at radius 1 is 0.933 bits per heavy atom. The lowest BCUT2D eigenvalue weighted by molar-refractivity contribution is 0.129. The molecule has 3 unspecified atom stereocenters. The first-order chi connectivity index (χ1) is 7.10. The molecule has 0 amide bonds. The molecule has 1 nitrogen and oxygen atoms in total. The lowest BCUT2D eigenvalue weighted by Crippen LogP contribution is -2.12. The molecule has 0 aromatic carbocycles. The predicted molar refractivity (Wildman–Crippen MR) is 68.0 cm³/mol. The third kappa shape index (κ3) is 8.92. The summed E-state index contributed by atoms with van der Waals surface area (Å²) >= 11 is 0. The zero-order valence-electron chi connectivity index (χ0n) is 11.1. The maximum Gasteiger partial charge on any atom is 0.0542 e. The third-order valence-electron chi connectivity index (χ3n) is 3.39. The number of hydrogen-bond acceptors (Lipinski definition) is 1. The Kier molecular flexibility index (Phi) is 9.18. The Morgan fingerprint density at radius 3 is 2.13 bits per heavy atom. The second-order valence-corrected chi connectivity index (χ2v) is 5.23. The van der Waals surface area contributed by atoms with Crippen LogP contribution >= 0.6 is 0 Å². The lowest BCUT2D eigenvalue weighted by Gasteiger charge is -2.16. The van der Waals surface area contributed by atoms with Crippen molar-refractivity contribution in [3.8, 4) is 0 Å². The van der Waals surface area contributed by atoms with Gasteiger partial charge in [-0.15, -0.1) is 0 Å². The first kappa shape index (κ1) is 15.0. The fourth-order valence-electron chi connectivity index (χ4n) is 2.10. The van der Waals surface area contributed by atoms with Crippen molar-refractivity contribution >= 4 is 0 Å². The summed E-state index contributed by atoms with van der Waals surface area (Å²) in [6.45, 7) is 9.00. The van der Waals surface area contributed by atoms with Crippen molar-refractivity contribution in [2.45, 2.75) is 78.7 Å². The highest BCUT2D eigenvalue weighted by atomic mass is 16.3. The second-order valence-electron chi connectivity index (χ2n) is 5.23. The van der Waals surface area contributed by atoms with E-state index in [1.165, 1.54) is 32.1 Å². The summed E-state index contributed by atoms with van der Waals surface area (Å²) in [5, 5.41) is 9.83. The van der Waals surface area contributed by atoms with Crippen LogP contribution in [0.25, 0.3) is 0 Å². The molecule has 1 N–H and O–H groups in total. The average molecular weight is 214 g/mol. The van der Waals surface area contributed by atoms with Crippen LogP contribution in [-0.4, -0.2) is 11.2 Å². The van der Waals surface area contributed by atoms with Crippen LogP contribution < -0.4 is 0 Å². The van der Waals surface area contributed by atoms with E-state index < -0.39 is 0 Å². The molecule has 0 aliphatic heterocycles. The summed E-state index contributed by atoms with van der Waals surface area (Å²) in [5.41, 5.74) is 0. The number of aliphatic hydroxyl groups excluding tert-OH is 1. The lowest BCUT2D eigenvalue weighted by atomic mass is 9.94. The minimum Gasteiger partial charge on any atom is -0.393 e. The molecule has 0 rings (SSSR count). The van der Waals surface area contributed by atoms with Crippen molar-refractivity contribution in [3.05, 3.63) is 0 Å². The standard InChI is InChI=1S/C14H30O/c1-5-8-13(4)11-14(15)10-7-9-12(3)6-2/h12-15H,5-11H2,1-4H3. The van der Waals surface area contributed by atoms with Crippen LogP contribution in [0.5, 0.6) is 0 Å². The van der Waals surface area contributed by atoms with E-state index in [0.717, 1.165) is 18.8 Å². The van der Waals surface area contributed by atoms with Crippen LogP contribution in [-0.2, 0) is 0 Å². The normalized spacial score (nSPS) is 17.4. The van der Waals surface area contributed by atoms with Crippen molar-refractivity contribution in [1.29, 1.82) is 0 Å². The molecule has 0 saturated heterocycles. The van der Waals surface area contributed by atoms with Crippen LogP contribution in [0.2, 0.25) is 0 Å². The zero-order chi connectivity index (χ0) is 11.7. The summed E-state index contributed by atoms with van der Waals surface area (Å²) < 4.78 is 0. The van der Waals surface area contributed by atoms with Gasteiger partial charge in [-0.25, -0.2) is 0 Å². The Hall–Kier alpha value is -0.0400. The highest BCUT2D eigenvalue weighted by Crippen LogP contribution is 2.18. The molecular formula is C14H30O. The Morgan fingerprint density at radius 2 is 1.60 bits per heavy atom. The van der Waals surface area contributed by atoms with Crippen LogP contribution in [0.15, 0.2) is 0 Å². The van der Waals surface area contributed by atoms with Gasteiger partial charge in [0.2, 0.25) is 0 Å². The zero-order valence-corrected chi connectivity index (χ0v) is 11.1. The van der Waals surface area contributed by atoms with Crippen LogP contribution in [0.3, 0.4) is 0 Å². The van der Waals surface area contributed by atoms with Crippen molar-refractivity contribution < 1.29 is 5.11 Å². The first-order valence-corrected chi connectivity index (χ1v) is 6.78. The van der Waals surface area contributed by atoms with Gasteiger partial charge in [0.15, 0.2) is 0 Å². The van der Waals surface area contributed by atoms with Gasteiger partial charge in [0.05, 0.1) is 6.10 Å². The topological polar surface area (TPSA) is 20.2 Å². The quantitative estimate of drug-likeness (QED) is 0.603. The summed E-state index contributed by atoms with van der Waals surface area (Å²) in [6, 6.07) is 0. The monoisotopic (exact) mass is 214 g/mol. The van der Waals surface area contributed by atoms with Gasteiger partial charge >= 0.3 is 0 Å². The first-order valence-electron chi connectivity index (χ1n) is 6.78. The van der Waals surface area contributed by atoms with Gasteiger partial charge in [-0.3, -0.25) is 0 Å². The van der Waals surface area contributed by atoms with Gasteiger partial charge in [0.1, 0.15) is 0 Å². The van der Waals surface area contributed by atoms with Crippen molar-refractivity contribution in [3.63, 3.8) is 0 Å². The Balaban J connectivity index is 3.44. The molecule has 0 aliphatic carbocycles. The maximum absolute atomic E-state index is 9.83. The van der Waals surface area contributed by atoms with Crippen LogP contribution in [0.4, 0.5) is 0 Å². The van der Waals surface area contributed by atoms with Gasteiger partial charge in [-0.1, -0.05) is 59.8 Å². The predicted octanol–water partition coefficient (Wildman–Crippen LogP) is 4.39. The van der Waals surface area contributed by atoms with E-state index >= 15 is 0 Å². The molecule has 1 heteroatoms. The number of rotatable bonds is 9. The molecular weight excluding hydrogens is 184 g/mol. The molecule has 0 fully saturated rings. The molecule has 0 bridgehead atoms. The van der Waals surface area contributed by atoms with Gasteiger partial charge in [-0.2, -0.15) is 0 Å². The molecule has 0 saturated carbocycles. The highest BCUT2D eigenvalue weighted by molar-refractivity contribution is 4.62. The van der Waals surface area contributed by atoms with Crippen molar-refractivity contribution in [1.82, 2.24) is 0 Å². The summed E-state index contributed by atoms with van der Waals surface area (Å²) in [5.74, 6) is 1.51. The molecule has 0 aromatic heterocycles. The van der Waals surface area contributed by atoms with E-state index in [9.17, 15) is 5.11 Å². The average Bonchev–Trinajstić information content (AvgIpc) is 2.17. The summed E-state index contributed by atoms with van der Waals surface area (Å²) in [4.78, 5) is 0. The second kappa shape index (κ2) is 9.21. The van der Waals surface area contributed by atoms with E-state index in [-0.39, 0.29) is 6.10 Å². The minimum absolute atomic E-state index is 0.0596. The van der Waals surface area contributed by atoms with E-state index in [4.69, 9.17) is 0 Å². The summed E-state index contributed by atoms with van der Waals surface area (Å²) in [7, 11) is 0. The molecule has 0 aromatic rings. The van der Waals surface area contributed by atoms with Crippen molar-refractivity contribution in [2.24, 2.45) is 11.8 Å². The molecule has 0 spiro atoms. The highest BCUT2D eigenvalue weighted by Gasteiger charge is 2.10.